The third-order valence-corrected chi connectivity index (χ3v) is 5.95. The number of rotatable bonds is 4. The quantitative estimate of drug-likeness (QED) is 0.572. The lowest BCUT2D eigenvalue weighted by Crippen LogP contribution is -2.45. The molecule has 2 aromatic carbocycles. The van der Waals surface area contributed by atoms with E-state index in [9.17, 15) is 14.4 Å². The van der Waals surface area contributed by atoms with Gasteiger partial charge >= 0.3 is 0 Å². The van der Waals surface area contributed by atoms with Crippen molar-refractivity contribution in [1.82, 2.24) is 4.98 Å². The maximum Gasteiger partial charge on any atom is 0.300 e. The molecule has 1 aliphatic rings. The number of Topliss-reactive ketones (excluding diaryl/α,β-unsaturated/α-hetero) is 1. The molecule has 1 unspecified atom stereocenters. The molecule has 29 heavy (non-hydrogen) atoms. The summed E-state index contributed by atoms with van der Waals surface area (Å²) in [7, 11) is 0. The van der Waals surface area contributed by atoms with Crippen LogP contribution in [0.4, 0.5) is 10.8 Å². The number of halogens is 1. The second-order valence-corrected chi connectivity index (χ2v) is 8.47. The maximum absolute atomic E-state index is 12.8. The van der Waals surface area contributed by atoms with Crippen molar-refractivity contribution in [2.45, 2.75) is 19.9 Å². The van der Waals surface area contributed by atoms with Gasteiger partial charge in [0.2, 0.25) is 5.91 Å². The van der Waals surface area contributed by atoms with Crippen molar-refractivity contribution < 1.29 is 14.4 Å². The van der Waals surface area contributed by atoms with E-state index in [1.807, 2.05) is 41.8 Å². The van der Waals surface area contributed by atoms with Crippen molar-refractivity contribution in [3.63, 3.8) is 0 Å². The first-order chi connectivity index (χ1) is 13.9. The molecule has 146 valence electrons. The zero-order valence-corrected chi connectivity index (χ0v) is 18.0. The van der Waals surface area contributed by atoms with Crippen LogP contribution in [0.25, 0.3) is 11.3 Å². The van der Waals surface area contributed by atoms with Crippen LogP contribution < -0.4 is 10.2 Å². The predicted octanol–water partition coefficient (Wildman–Crippen LogP) is 4.44. The van der Waals surface area contributed by atoms with Gasteiger partial charge in [0.1, 0.15) is 6.04 Å². The third-order valence-electron chi connectivity index (χ3n) is 4.73. The van der Waals surface area contributed by atoms with E-state index in [1.54, 1.807) is 19.9 Å². The topological polar surface area (TPSA) is 79.4 Å². The Hall–Kier alpha value is -2.84. The number of aromatic nitrogens is 1. The third kappa shape index (κ3) is 3.49. The number of anilines is 2. The molecule has 0 aliphatic carbocycles. The van der Waals surface area contributed by atoms with Gasteiger partial charge < -0.3 is 5.32 Å². The Kier molecular flexibility index (Phi) is 5.06. The van der Waals surface area contributed by atoms with Gasteiger partial charge in [0.25, 0.3) is 11.7 Å². The van der Waals surface area contributed by atoms with Crippen molar-refractivity contribution in [2.24, 2.45) is 0 Å². The highest BCUT2D eigenvalue weighted by atomic mass is 79.9. The Labute approximate surface area is 179 Å². The van der Waals surface area contributed by atoms with Gasteiger partial charge in [0.05, 0.1) is 16.9 Å². The summed E-state index contributed by atoms with van der Waals surface area (Å²) in [6.45, 7) is 3.41. The highest BCUT2D eigenvalue weighted by molar-refractivity contribution is 9.10. The summed E-state index contributed by atoms with van der Waals surface area (Å²) in [5, 5.41) is 5.05. The van der Waals surface area contributed by atoms with Gasteiger partial charge in [-0.25, -0.2) is 4.98 Å². The molecule has 0 radical (unpaired) electrons. The monoisotopic (exact) mass is 469 g/mol. The zero-order chi connectivity index (χ0) is 20.7. The van der Waals surface area contributed by atoms with Gasteiger partial charge in [0.15, 0.2) is 5.13 Å². The minimum absolute atomic E-state index is 0.308. The highest BCUT2D eigenvalue weighted by Crippen LogP contribution is 2.36. The number of hydrogen-bond donors (Lipinski definition) is 1. The molecule has 6 nitrogen and oxygen atoms in total. The van der Waals surface area contributed by atoms with E-state index in [2.05, 4.69) is 26.2 Å². The van der Waals surface area contributed by atoms with E-state index < -0.39 is 23.6 Å². The Morgan fingerprint density at radius 3 is 2.66 bits per heavy atom. The van der Waals surface area contributed by atoms with Crippen molar-refractivity contribution in [3.8, 4) is 11.3 Å². The summed E-state index contributed by atoms with van der Waals surface area (Å²) >= 11 is 4.65. The summed E-state index contributed by atoms with van der Waals surface area (Å²) in [6.07, 6.45) is 0. The van der Waals surface area contributed by atoms with Crippen LogP contribution in [0, 0.1) is 6.92 Å². The Morgan fingerprint density at radius 2 is 1.93 bits per heavy atom. The molecule has 0 saturated heterocycles. The van der Waals surface area contributed by atoms with Gasteiger partial charge in [-0.2, -0.15) is 0 Å². The number of benzene rings is 2. The predicted molar refractivity (Wildman–Crippen MR) is 116 cm³/mol. The summed E-state index contributed by atoms with van der Waals surface area (Å²) in [4.78, 5) is 43.5. The van der Waals surface area contributed by atoms with Gasteiger partial charge in [0, 0.05) is 15.4 Å². The summed E-state index contributed by atoms with van der Waals surface area (Å²) < 4.78 is 0.713. The van der Waals surface area contributed by atoms with E-state index in [-0.39, 0.29) is 0 Å². The molecule has 0 bridgehead atoms. The van der Waals surface area contributed by atoms with Crippen LogP contribution in [0.5, 0.6) is 0 Å². The van der Waals surface area contributed by atoms with E-state index in [1.165, 1.54) is 16.2 Å². The number of ketones is 1. The molecule has 4 rings (SSSR count). The number of amides is 2. The molecule has 1 aromatic heterocycles. The minimum atomic E-state index is -0.864. The van der Waals surface area contributed by atoms with E-state index >= 15 is 0 Å². The molecular formula is C21H16BrN3O3S. The molecule has 0 spiro atoms. The SMILES string of the molecule is Cc1cc(Br)cc2c1N(C(C)C(=O)Nc1nc(-c3ccccc3)cs1)C(=O)C2=O. The number of carbonyl (C=O) groups is 3. The fraction of sp³-hybridized carbons (Fsp3) is 0.143. The van der Waals surface area contributed by atoms with Crippen molar-refractivity contribution in [2.75, 3.05) is 10.2 Å². The largest absolute Gasteiger partial charge is 0.300 e. The van der Waals surface area contributed by atoms with E-state index in [0.29, 0.717) is 20.9 Å². The van der Waals surface area contributed by atoms with Crippen LogP contribution in [0.15, 0.2) is 52.3 Å². The molecule has 8 heteroatoms. The number of aryl methyl sites for hydroxylation is 1. The maximum atomic E-state index is 12.8. The van der Waals surface area contributed by atoms with E-state index in [4.69, 9.17) is 0 Å². The molecule has 0 saturated carbocycles. The van der Waals surface area contributed by atoms with Crippen LogP contribution in [-0.2, 0) is 9.59 Å². The molecule has 1 aliphatic heterocycles. The standard InChI is InChI=1S/C21H16BrN3O3S/c1-11-8-14(22)9-15-17(11)25(20(28)18(15)26)12(2)19(27)24-21-23-16(10-29-21)13-6-4-3-5-7-13/h3-10,12H,1-2H3,(H,23,24,27). The molecular weight excluding hydrogens is 454 g/mol. The fourth-order valence-electron chi connectivity index (χ4n) is 3.32. The van der Waals surface area contributed by atoms with Crippen LogP contribution in [0.2, 0.25) is 0 Å². The van der Waals surface area contributed by atoms with Crippen molar-refractivity contribution >= 4 is 55.7 Å². The first-order valence-corrected chi connectivity index (χ1v) is 10.5. The first-order valence-electron chi connectivity index (χ1n) is 8.86. The second-order valence-electron chi connectivity index (χ2n) is 6.69. The number of carbonyl (C=O) groups excluding carboxylic acids is 3. The molecule has 3 aromatic rings. The number of hydrogen-bond acceptors (Lipinski definition) is 5. The molecule has 1 atom stereocenters. The number of nitrogens with zero attached hydrogens (tertiary/aromatic N) is 2. The Balaban J connectivity index is 1.57. The number of thiazole rings is 1. The lowest BCUT2D eigenvalue weighted by molar-refractivity contribution is -0.120. The van der Waals surface area contributed by atoms with Crippen LogP contribution in [-0.4, -0.2) is 28.6 Å². The summed E-state index contributed by atoms with van der Waals surface area (Å²) in [6, 6.07) is 12.2. The molecule has 1 N–H and O–H groups in total. The molecule has 2 amide bonds. The highest BCUT2D eigenvalue weighted by Gasteiger charge is 2.42. The van der Waals surface area contributed by atoms with Gasteiger partial charge in [-0.15, -0.1) is 11.3 Å². The fourth-order valence-corrected chi connectivity index (χ4v) is 4.62. The number of nitrogens with one attached hydrogen (secondary N) is 1. The Morgan fingerprint density at radius 1 is 1.21 bits per heavy atom. The summed E-state index contributed by atoms with van der Waals surface area (Å²) in [5.74, 6) is -1.71. The Bertz CT molecular complexity index is 1140. The second kappa shape index (κ2) is 7.53. The van der Waals surface area contributed by atoms with Crippen LogP contribution in [0.3, 0.4) is 0 Å². The molecule has 0 fully saturated rings. The van der Waals surface area contributed by atoms with Crippen LogP contribution >= 0.6 is 27.3 Å². The lowest BCUT2D eigenvalue weighted by atomic mass is 10.1. The van der Waals surface area contributed by atoms with Crippen molar-refractivity contribution in [1.29, 1.82) is 0 Å². The van der Waals surface area contributed by atoms with E-state index in [0.717, 1.165) is 16.8 Å². The van der Waals surface area contributed by atoms with Gasteiger partial charge in [-0.05, 0) is 31.5 Å². The average molecular weight is 470 g/mol. The molecule has 2 heterocycles. The first kappa shape index (κ1) is 19.5. The lowest BCUT2D eigenvalue weighted by Gasteiger charge is -2.24. The zero-order valence-electron chi connectivity index (χ0n) is 15.6. The van der Waals surface area contributed by atoms with Gasteiger partial charge in [-0.3, -0.25) is 19.3 Å². The minimum Gasteiger partial charge on any atom is -0.300 e. The normalized spacial score (nSPS) is 14.1. The average Bonchev–Trinajstić information content (AvgIpc) is 3.26. The van der Waals surface area contributed by atoms with Crippen molar-refractivity contribution in [3.05, 3.63) is 63.4 Å². The summed E-state index contributed by atoms with van der Waals surface area (Å²) in [5.41, 5.74) is 3.25. The smallest absolute Gasteiger partial charge is 0.300 e. The van der Waals surface area contributed by atoms with Crippen LogP contribution in [0.1, 0.15) is 22.8 Å². The van der Waals surface area contributed by atoms with Gasteiger partial charge in [-0.1, -0.05) is 46.3 Å². The number of fused-ring (bicyclic) bond motifs is 1.